The van der Waals surface area contributed by atoms with Crippen molar-refractivity contribution in [1.82, 2.24) is 15.0 Å². The zero-order valence-corrected chi connectivity index (χ0v) is 23.0. The van der Waals surface area contributed by atoms with Gasteiger partial charge in [0.2, 0.25) is 0 Å². The fourth-order valence-electron chi connectivity index (χ4n) is 6.24. The molecular formula is C30H37F2N5O3. The first-order valence-electron chi connectivity index (χ1n) is 14.4. The van der Waals surface area contributed by atoms with Crippen molar-refractivity contribution in [2.24, 2.45) is 5.92 Å². The van der Waals surface area contributed by atoms with Gasteiger partial charge < -0.3 is 25.2 Å². The summed E-state index contributed by atoms with van der Waals surface area (Å²) in [6.45, 7) is 4.96. The Hall–Kier alpha value is -3.11. The van der Waals surface area contributed by atoms with E-state index in [9.17, 15) is 19.0 Å². The number of anilines is 2. The number of fused-ring (bicyclic) bond motifs is 1. The Morgan fingerprint density at radius 1 is 1.05 bits per heavy atom. The number of aliphatic hydroxyl groups excluding tert-OH is 1. The van der Waals surface area contributed by atoms with Crippen molar-refractivity contribution in [3.05, 3.63) is 47.8 Å². The Kier molecular flexibility index (Phi) is 7.25. The van der Waals surface area contributed by atoms with Gasteiger partial charge in [0.1, 0.15) is 17.4 Å². The quantitative estimate of drug-likeness (QED) is 0.361. The van der Waals surface area contributed by atoms with Crippen LogP contribution in [0.25, 0.3) is 11.0 Å². The molecule has 3 heterocycles. The maximum atomic E-state index is 14.1. The van der Waals surface area contributed by atoms with Gasteiger partial charge in [0.05, 0.1) is 23.4 Å². The van der Waals surface area contributed by atoms with Crippen LogP contribution < -0.4 is 15.0 Å². The third-order valence-corrected chi connectivity index (χ3v) is 8.64. The topological polar surface area (TPSA) is 104 Å². The summed E-state index contributed by atoms with van der Waals surface area (Å²) in [7, 11) is 0. The van der Waals surface area contributed by atoms with Gasteiger partial charge in [0.25, 0.3) is 0 Å². The molecule has 214 valence electrons. The van der Waals surface area contributed by atoms with Crippen LogP contribution >= 0.6 is 0 Å². The van der Waals surface area contributed by atoms with Crippen molar-refractivity contribution in [2.75, 3.05) is 23.3 Å². The van der Waals surface area contributed by atoms with Gasteiger partial charge in [0, 0.05) is 49.7 Å². The van der Waals surface area contributed by atoms with Crippen molar-refractivity contribution >= 4 is 22.7 Å². The van der Waals surface area contributed by atoms with E-state index >= 15 is 0 Å². The fraction of sp³-hybridized carbons (Fsp3) is 0.567. The van der Waals surface area contributed by atoms with Gasteiger partial charge in [-0.1, -0.05) is 6.42 Å². The van der Waals surface area contributed by atoms with Gasteiger partial charge in [-0.05, 0) is 63.6 Å². The van der Waals surface area contributed by atoms with Gasteiger partial charge in [0.15, 0.2) is 23.2 Å². The molecule has 3 aliphatic rings. The predicted molar refractivity (Wildman–Crippen MR) is 149 cm³/mol. The summed E-state index contributed by atoms with van der Waals surface area (Å²) in [4.78, 5) is 16.9. The molecule has 40 heavy (non-hydrogen) atoms. The minimum absolute atomic E-state index is 0.0596. The second-order valence-corrected chi connectivity index (χ2v) is 12.2. The van der Waals surface area contributed by atoms with Crippen LogP contribution in [0.4, 0.5) is 20.4 Å². The highest BCUT2D eigenvalue weighted by Gasteiger charge is 2.39. The molecule has 1 unspecified atom stereocenters. The van der Waals surface area contributed by atoms with E-state index in [-0.39, 0.29) is 29.9 Å². The number of benzene rings is 1. The smallest absolute Gasteiger partial charge is 0.172 e. The molecule has 0 bridgehead atoms. The highest BCUT2D eigenvalue weighted by atomic mass is 19.1. The minimum Gasteiger partial charge on any atom is -0.487 e. The molecule has 1 aliphatic heterocycles. The number of rotatable bonds is 8. The van der Waals surface area contributed by atoms with Gasteiger partial charge >= 0.3 is 0 Å². The molecule has 6 rings (SSSR count). The molecule has 0 spiro atoms. The van der Waals surface area contributed by atoms with Crippen molar-refractivity contribution < 1.29 is 23.7 Å². The number of aliphatic hydroxyl groups is 2. The van der Waals surface area contributed by atoms with Crippen LogP contribution in [0.15, 0.2) is 30.5 Å². The lowest BCUT2D eigenvalue weighted by atomic mass is 9.68. The maximum Gasteiger partial charge on any atom is 0.172 e. The Morgan fingerprint density at radius 2 is 1.80 bits per heavy atom. The number of nitrogens with zero attached hydrogens (tertiary/aromatic N) is 4. The van der Waals surface area contributed by atoms with Gasteiger partial charge in [-0.2, -0.15) is 0 Å². The van der Waals surface area contributed by atoms with Crippen molar-refractivity contribution in [3.8, 4) is 5.75 Å². The SMILES string of the molecule is CC(C)(O)C(c1cc2nc(NC3CC(O)C3)c(N3CCC(Oc4ccc(F)cc4F)CC3)nc2cn1)C1CCC1. The highest BCUT2D eigenvalue weighted by molar-refractivity contribution is 5.80. The van der Waals surface area contributed by atoms with Crippen molar-refractivity contribution in [1.29, 1.82) is 0 Å². The summed E-state index contributed by atoms with van der Waals surface area (Å²) in [6.07, 6.45) is 7.20. The van der Waals surface area contributed by atoms with E-state index in [2.05, 4.69) is 10.2 Å². The number of aromatic nitrogens is 3. The summed E-state index contributed by atoms with van der Waals surface area (Å²) in [5.74, 6) is 0.432. The van der Waals surface area contributed by atoms with Crippen LogP contribution in [0.2, 0.25) is 0 Å². The standard InChI is InChI=1S/C30H37F2N5O3/c1-30(2,39)27(17-4-3-5-17)24-15-23-25(16-33-24)36-29(28(35-23)34-19-13-20(38)14-19)37-10-8-21(9-11-37)40-26-7-6-18(31)12-22(26)32/h6-7,12,15-17,19-21,27,38-39H,3-5,8-11,13-14H2,1-2H3,(H,34,35). The minimum atomic E-state index is -0.897. The molecular weight excluding hydrogens is 516 g/mol. The van der Waals surface area contributed by atoms with Crippen LogP contribution in [-0.2, 0) is 0 Å². The number of piperidine rings is 1. The van der Waals surface area contributed by atoms with Crippen molar-refractivity contribution in [2.45, 2.75) is 88.6 Å². The molecule has 1 aromatic carbocycles. The molecule has 2 aliphatic carbocycles. The van der Waals surface area contributed by atoms with E-state index in [4.69, 9.17) is 19.7 Å². The zero-order chi connectivity index (χ0) is 28.0. The average molecular weight is 554 g/mol. The number of ether oxygens (including phenoxy) is 1. The number of hydrogen-bond donors (Lipinski definition) is 3. The first kappa shape index (κ1) is 27.1. The van der Waals surface area contributed by atoms with E-state index < -0.39 is 17.2 Å². The van der Waals surface area contributed by atoms with E-state index in [1.807, 2.05) is 19.9 Å². The second kappa shape index (κ2) is 10.7. The van der Waals surface area contributed by atoms with Gasteiger partial charge in [-0.25, -0.2) is 18.7 Å². The molecule has 3 fully saturated rings. The molecule has 1 saturated heterocycles. The molecule has 0 amide bonds. The Bertz CT molecular complexity index is 1370. The van der Waals surface area contributed by atoms with E-state index in [1.54, 1.807) is 6.20 Å². The molecule has 1 atom stereocenters. The van der Waals surface area contributed by atoms with Crippen LogP contribution in [-0.4, -0.2) is 62.1 Å². The largest absolute Gasteiger partial charge is 0.487 e. The molecule has 10 heteroatoms. The average Bonchev–Trinajstić information content (AvgIpc) is 2.86. The van der Waals surface area contributed by atoms with Gasteiger partial charge in [-0.15, -0.1) is 0 Å². The Morgan fingerprint density at radius 3 is 2.42 bits per heavy atom. The summed E-state index contributed by atoms with van der Waals surface area (Å²) < 4.78 is 33.2. The first-order chi connectivity index (χ1) is 19.1. The van der Waals surface area contributed by atoms with Crippen LogP contribution in [0.3, 0.4) is 0 Å². The maximum absolute atomic E-state index is 14.1. The molecule has 0 radical (unpaired) electrons. The Balaban J connectivity index is 1.25. The molecule has 2 aromatic heterocycles. The Labute approximate surface area is 232 Å². The van der Waals surface area contributed by atoms with Crippen LogP contribution in [0, 0.1) is 17.6 Å². The van der Waals surface area contributed by atoms with Crippen LogP contribution in [0.5, 0.6) is 5.75 Å². The van der Waals surface area contributed by atoms with E-state index in [0.29, 0.717) is 61.8 Å². The predicted octanol–water partition coefficient (Wildman–Crippen LogP) is 4.94. The monoisotopic (exact) mass is 553 g/mol. The second-order valence-electron chi connectivity index (χ2n) is 12.2. The number of hydrogen-bond acceptors (Lipinski definition) is 8. The summed E-state index contributed by atoms with van der Waals surface area (Å²) in [5.41, 5.74) is 1.33. The van der Waals surface area contributed by atoms with E-state index in [0.717, 1.165) is 30.1 Å². The molecule has 8 nitrogen and oxygen atoms in total. The fourth-order valence-corrected chi connectivity index (χ4v) is 6.24. The van der Waals surface area contributed by atoms with Gasteiger partial charge in [-0.3, -0.25) is 4.98 Å². The lowest BCUT2D eigenvalue weighted by molar-refractivity contribution is 0.00871. The lowest BCUT2D eigenvalue weighted by Gasteiger charge is -2.40. The molecule has 3 aromatic rings. The third kappa shape index (κ3) is 5.56. The van der Waals surface area contributed by atoms with E-state index in [1.165, 1.54) is 18.6 Å². The lowest BCUT2D eigenvalue weighted by Crippen LogP contribution is -2.41. The summed E-state index contributed by atoms with van der Waals surface area (Å²) >= 11 is 0. The van der Waals surface area contributed by atoms with Crippen LogP contribution in [0.1, 0.15) is 70.4 Å². The summed E-state index contributed by atoms with van der Waals surface area (Å²) in [6, 6.07) is 5.44. The number of nitrogens with one attached hydrogen (secondary N) is 1. The number of halogens is 2. The first-order valence-corrected chi connectivity index (χ1v) is 14.4. The normalized spacial score (nSPS) is 23.0. The van der Waals surface area contributed by atoms with Crippen molar-refractivity contribution in [3.63, 3.8) is 0 Å². The zero-order valence-electron chi connectivity index (χ0n) is 23.0. The highest BCUT2D eigenvalue weighted by Crippen LogP contribution is 2.45. The summed E-state index contributed by atoms with van der Waals surface area (Å²) in [5, 5.41) is 24.3. The third-order valence-electron chi connectivity index (χ3n) is 8.64. The molecule has 3 N–H and O–H groups in total. The number of pyridine rings is 1. The molecule has 2 saturated carbocycles.